The van der Waals surface area contributed by atoms with Gasteiger partial charge in [0.05, 0.1) is 18.8 Å². The SMILES string of the molecule is O=C(O)N1CCN(CCC2CC(OC(F)F)C2)C[C@H]1COC(F)F. The summed E-state index contributed by atoms with van der Waals surface area (Å²) in [7, 11) is 0. The number of amides is 1. The number of nitrogens with zero attached hydrogens (tertiary/aromatic N) is 2. The fraction of sp³-hybridized carbons (Fsp3) is 0.929. The Morgan fingerprint density at radius 3 is 2.46 bits per heavy atom. The van der Waals surface area contributed by atoms with E-state index in [0.717, 1.165) is 11.3 Å². The maximum Gasteiger partial charge on any atom is 0.407 e. The average molecular weight is 358 g/mol. The number of rotatable bonds is 8. The molecule has 0 aromatic heterocycles. The lowest BCUT2D eigenvalue weighted by atomic mass is 9.80. The zero-order chi connectivity index (χ0) is 17.7. The van der Waals surface area contributed by atoms with E-state index < -0.39 is 25.4 Å². The van der Waals surface area contributed by atoms with Gasteiger partial charge in [-0.3, -0.25) is 4.90 Å². The number of carboxylic acid groups (broad SMARTS) is 1. The van der Waals surface area contributed by atoms with E-state index in [2.05, 4.69) is 9.47 Å². The summed E-state index contributed by atoms with van der Waals surface area (Å²) in [5.74, 6) is 0.307. The van der Waals surface area contributed by atoms with Crippen LogP contribution in [0.2, 0.25) is 0 Å². The van der Waals surface area contributed by atoms with E-state index in [1.807, 2.05) is 4.90 Å². The van der Waals surface area contributed by atoms with Crippen LogP contribution in [0.25, 0.3) is 0 Å². The van der Waals surface area contributed by atoms with Crippen LogP contribution in [0, 0.1) is 5.92 Å². The topological polar surface area (TPSA) is 62.2 Å². The van der Waals surface area contributed by atoms with Crippen molar-refractivity contribution in [3.8, 4) is 0 Å². The predicted molar refractivity (Wildman–Crippen MR) is 75.1 cm³/mol. The molecule has 0 radical (unpaired) electrons. The molecule has 140 valence electrons. The number of carbonyl (C=O) groups is 1. The van der Waals surface area contributed by atoms with E-state index in [1.54, 1.807) is 0 Å². The lowest BCUT2D eigenvalue weighted by Gasteiger charge is -2.41. The Hall–Kier alpha value is -1.13. The van der Waals surface area contributed by atoms with Crippen LogP contribution in [-0.4, -0.2) is 79.2 Å². The molecule has 2 rings (SSSR count). The van der Waals surface area contributed by atoms with E-state index in [-0.39, 0.29) is 19.3 Å². The molecule has 1 saturated carbocycles. The number of halogens is 4. The van der Waals surface area contributed by atoms with Crippen molar-refractivity contribution in [2.24, 2.45) is 5.92 Å². The molecule has 2 aliphatic rings. The zero-order valence-corrected chi connectivity index (χ0v) is 13.1. The smallest absolute Gasteiger partial charge is 0.407 e. The number of hydrogen-bond acceptors (Lipinski definition) is 4. The molecular formula is C14H22F4N2O4. The Morgan fingerprint density at radius 1 is 1.17 bits per heavy atom. The first-order valence-electron chi connectivity index (χ1n) is 7.90. The summed E-state index contributed by atoms with van der Waals surface area (Å²) in [5, 5.41) is 9.12. The Kier molecular flexibility index (Phi) is 7.05. The molecule has 0 aromatic rings. The van der Waals surface area contributed by atoms with Gasteiger partial charge in [0, 0.05) is 19.6 Å². The second kappa shape index (κ2) is 8.82. The summed E-state index contributed by atoms with van der Waals surface area (Å²) in [6, 6.07) is -0.637. The summed E-state index contributed by atoms with van der Waals surface area (Å²) in [5.41, 5.74) is 0. The van der Waals surface area contributed by atoms with Crippen LogP contribution >= 0.6 is 0 Å². The molecule has 2 fully saturated rings. The van der Waals surface area contributed by atoms with E-state index in [1.165, 1.54) is 0 Å². The van der Waals surface area contributed by atoms with Gasteiger partial charge in [-0.2, -0.15) is 17.6 Å². The summed E-state index contributed by atoms with van der Waals surface area (Å²) in [6.07, 6.45) is 0.447. The highest BCUT2D eigenvalue weighted by atomic mass is 19.3. The fourth-order valence-corrected chi connectivity index (χ4v) is 3.23. The van der Waals surface area contributed by atoms with Crippen molar-refractivity contribution in [1.29, 1.82) is 0 Å². The number of hydrogen-bond donors (Lipinski definition) is 1. The highest BCUT2D eigenvalue weighted by Gasteiger charge is 2.34. The second-order valence-corrected chi connectivity index (χ2v) is 6.17. The maximum atomic E-state index is 12.2. The van der Waals surface area contributed by atoms with Crippen LogP contribution in [0.5, 0.6) is 0 Å². The molecule has 1 atom stereocenters. The van der Waals surface area contributed by atoms with Gasteiger partial charge < -0.3 is 19.5 Å². The molecule has 0 bridgehead atoms. The molecular weight excluding hydrogens is 336 g/mol. The third kappa shape index (κ3) is 5.75. The molecule has 24 heavy (non-hydrogen) atoms. The van der Waals surface area contributed by atoms with Gasteiger partial charge in [0.15, 0.2) is 0 Å². The third-order valence-corrected chi connectivity index (χ3v) is 4.57. The van der Waals surface area contributed by atoms with E-state index in [0.29, 0.717) is 38.4 Å². The van der Waals surface area contributed by atoms with Crippen molar-refractivity contribution in [3.63, 3.8) is 0 Å². The quantitative estimate of drug-likeness (QED) is 0.675. The Labute approximate surface area is 137 Å². The monoisotopic (exact) mass is 358 g/mol. The van der Waals surface area contributed by atoms with Gasteiger partial charge in [0.1, 0.15) is 0 Å². The van der Waals surface area contributed by atoms with Crippen molar-refractivity contribution in [3.05, 3.63) is 0 Å². The summed E-state index contributed by atoms with van der Waals surface area (Å²) >= 11 is 0. The van der Waals surface area contributed by atoms with Gasteiger partial charge in [-0.25, -0.2) is 4.79 Å². The number of piperazine rings is 1. The standard InChI is InChI=1S/C14H22F4N2O4/c15-12(16)23-8-10-7-19(3-4-20(10)14(21)22)2-1-9-5-11(6-9)24-13(17)18/h9-13H,1-8H2,(H,21,22)/t9?,10-,11?/m0/s1. The minimum Gasteiger partial charge on any atom is -0.465 e. The van der Waals surface area contributed by atoms with Crippen molar-refractivity contribution in [1.82, 2.24) is 9.80 Å². The first kappa shape index (κ1) is 19.2. The van der Waals surface area contributed by atoms with E-state index in [9.17, 15) is 22.4 Å². The molecule has 1 saturated heterocycles. The molecule has 6 nitrogen and oxygen atoms in total. The normalized spacial score (nSPS) is 28.4. The fourth-order valence-electron chi connectivity index (χ4n) is 3.23. The van der Waals surface area contributed by atoms with Gasteiger partial charge in [0.2, 0.25) is 0 Å². The Bertz CT molecular complexity index is 410. The van der Waals surface area contributed by atoms with E-state index in [4.69, 9.17) is 5.11 Å². The highest BCUT2D eigenvalue weighted by molar-refractivity contribution is 5.65. The third-order valence-electron chi connectivity index (χ3n) is 4.57. The van der Waals surface area contributed by atoms with Crippen molar-refractivity contribution in [2.75, 3.05) is 32.8 Å². The Balaban J connectivity index is 1.71. The Morgan fingerprint density at radius 2 is 1.88 bits per heavy atom. The summed E-state index contributed by atoms with van der Waals surface area (Å²) in [6.45, 7) is -4.29. The van der Waals surface area contributed by atoms with Crippen LogP contribution in [0.15, 0.2) is 0 Å². The first-order valence-corrected chi connectivity index (χ1v) is 7.90. The number of alkyl halides is 4. The molecule has 10 heteroatoms. The van der Waals surface area contributed by atoms with Gasteiger partial charge in [-0.15, -0.1) is 0 Å². The zero-order valence-electron chi connectivity index (χ0n) is 13.1. The molecule has 0 spiro atoms. The second-order valence-electron chi connectivity index (χ2n) is 6.17. The van der Waals surface area contributed by atoms with Crippen molar-refractivity contribution < 1.29 is 36.9 Å². The predicted octanol–water partition coefficient (Wildman–Crippen LogP) is 2.30. The lowest BCUT2D eigenvalue weighted by molar-refractivity contribution is -0.191. The molecule has 1 N–H and O–H groups in total. The van der Waals surface area contributed by atoms with Crippen LogP contribution < -0.4 is 0 Å². The van der Waals surface area contributed by atoms with Crippen LogP contribution in [-0.2, 0) is 9.47 Å². The maximum absolute atomic E-state index is 12.2. The average Bonchev–Trinajstić information content (AvgIpc) is 2.46. The van der Waals surface area contributed by atoms with Gasteiger partial charge in [0.25, 0.3) is 0 Å². The van der Waals surface area contributed by atoms with Crippen LogP contribution in [0.3, 0.4) is 0 Å². The summed E-state index contributed by atoms with van der Waals surface area (Å²) in [4.78, 5) is 14.3. The molecule has 1 amide bonds. The van der Waals surface area contributed by atoms with E-state index >= 15 is 0 Å². The van der Waals surface area contributed by atoms with Crippen molar-refractivity contribution >= 4 is 6.09 Å². The highest BCUT2D eigenvalue weighted by Crippen LogP contribution is 2.34. The first-order chi connectivity index (χ1) is 11.3. The van der Waals surface area contributed by atoms with Gasteiger partial charge >= 0.3 is 19.3 Å². The summed E-state index contributed by atoms with van der Waals surface area (Å²) < 4.78 is 57.1. The van der Waals surface area contributed by atoms with Crippen molar-refractivity contribution in [2.45, 2.75) is 44.6 Å². The van der Waals surface area contributed by atoms with Gasteiger partial charge in [-0.1, -0.05) is 0 Å². The molecule has 0 aromatic carbocycles. The minimum absolute atomic E-state index is 0.231. The molecule has 0 unspecified atom stereocenters. The minimum atomic E-state index is -2.93. The number of ether oxygens (including phenoxy) is 2. The largest absolute Gasteiger partial charge is 0.465 e. The van der Waals surface area contributed by atoms with Crippen LogP contribution in [0.4, 0.5) is 22.4 Å². The molecule has 1 heterocycles. The van der Waals surface area contributed by atoms with Crippen LogP contribution in [0.1, 0.15) is 19.3 Å². The lowest BCUT2D eigenvalue weighted by Crippen LogP contribution is -2.57. The molecule has 1 aliphatic carbocycles. The molecule has 1 aliphatic heterocycles. The van der Waals surface area contributed by atoms with Gasteiger partial charge in [-0.05, 0) is 31.7 Å².